The molecule has 0 bridgehead atoms. The molecule has 0 aliphatic heterocycles. The Balaban J connectivity index is 1.97. The van der Waals surface area contributed by atoms with Crippen LogP contribution in [-0.2, 0) is 11.3 Å². The fourth-order valence-corrected chi connectivity index (χ4v) is 2.28. The molecule has 0 fully saturated rings. The van der Waals surface area contributed by atoms with E-state index < -0.39 is 17.6 Å². The van der Waals surface area contributed by atoms with E-state index >= 15 is 0 Å². The van der Waals surface area contributed by atoms with Gasteiger partial charge in [-0.3, -0.25) is 4.79 Å². The largest absolute Gasteiger partial charge is 0.444 e. The number of rotatable bonds is 5. The molecule has 2 amide bonds. The van der Waals surface area contributed by atoms with Crippen LogP contribution in [-0.4, -0.2) is 33.7 Å². The third kappa shape index (κ3) is 4.37. The SMILES string of the molecule is CC(C)(C)OC(=O)NCCCn1c(N)nc2cc(C(N)=O)ccc21. The lowest BCUT2D eigenvalue weighted by atomic mass is 10.2. The van der Waals surface area contributed by atoms with Crippen molar-refractivity contribution in [3.8, 4) is 0 Å². The first kappa shape index (κ1) is 17.6. The number of alkyl carbamates (subject to hydrolysis) is 1. The molecule has 0 spiro atoms. The smallest absolute Gasteiger partial charge is 0.407 e. The van der Waals surface area contributed by atoms with Gasteiger partial charge in [0.1, 0.15) is 5.60 Å². The summed E-state index contributed by atoms with van der Waals surface area (Å²) in [5.41, 5.74) is 12.5. The van der Waals surface area contributed by atoms with Crippen LogP contribution in [0.25, 0.3) is 11.0 Å². The molecule has 24 heavy (non-hydrogen) atoms. The number of aromatic nitrogens is 2. The van der Waals surface area contributed by atoms with E-state index in [0.717, 1.165) is 5.52 Å². The van der Waals surface area contributed by atoms with E-state index in [1.807, 2.05) is 25.3 Å². The highest BCUT2D eigenvalue weighted by Crippen LogP contribution is 2.19. The average molecular weight is 333 g/mol. The van der Waals surface area contributed by atoms with E-state index in [1.54, 1.807) is 18.2 Å². The highest BCUT2D eigenvalue weighted by atomic mass is 16.6. The Morgan fingerprint density at radius 3 is 2.67 bits per heavy atom. The fraction of sp³-hybridized carbons (Fsp3) is 0.438. The molecule has 0 aliphatic carbocycles. The number of primary amides is 1. The number of nitrogens with zero attached hydrogens (tertiary/aromatic N) is 2. The molecular weight excluding hydrogens is 310 g/mol. The molecule has 0 atom stereocenters. The Bertz CT molecular complexity index is 761. The van der Waals surface area contributed by atoms with Gasteiger partial charge in [0.2, 0.25) is 11.9 Å². The molecule has 5 N–H and O–H groups in total. The molecule has 8 heteroatoms. The topological polar surface area (TPSA) is 125 Å². The van der Waals surface area contributed by atoms with Crippen LogP contribution in [0.15, 0.2) is 18.2 Å². The number of hydrogen-bond donors (Lipinski definition) is 3. The number of ether oxygens (including phenoxy) is 1. The van der Waals surface area contributed by atoms with Gasteiger partial charge in [-0.25, -0.2) is 9.78 Å². The quantitative estimate of drug-likeness (QED) is 0.717. The number of anilines is 1. The van der Waals surface area contributed by atoms with E-state index in [4.69, 9.17) is 16.2 Å². The first-order chi connectivity index (χ1) is 11.2. The Morgan fingerprint density at radius 1 is 1.33 bits per heavy atom. The number of hydrogen-bond acceptors (Lipinski definition) is 5. The lowest BCUT2D eigenvalue weighted by Gasteiger charge is -2.19. The lowest BCUT2D eigenvalue weighted by Crippen LogP contribution is -2.33. The molecule has 1 aromatic heterocycles. The Kier molecular flexibility index (Phi) is 4.96. The summed E-state index contributed by atoms with van der Waals surface area (Å²) in [5, 5.41) is 2.70. The predicted molar refractivity (Wildman–Crippen MR) is 91.5 cm³/mol. The molecule has 0 saturated heterocycles. The van der Waals surface area contributed by atoms with Gasteiger partial charge in [0.25, 0.3) is 0 Å². The summed E-state index contributed by atoms with van der Waals surface area (Å²) in [5.74, 6) is -0.157. The average Bonchev–Trinajstić information content (AvgIpc) is 2.76. The molecule has 0 aliphatic rings. The maximum Gasteiger partial charge on any atom is 0.407 e. The first-order valence-electron chi connectivity index (χ1n) is 7.70. The van der Waals surface area contributed by atoms with Gasteiger partial charge in [-0.15, -0.1) is 0 Å². The zero-order valence-corrected chi connectivity index (χ0v) is 14.1. The van der Waals surface area contributed by atoms with Gasteiger partial charge in [0.15, 0.2) is 0 Å². The van der Waals surface area contributed by atoms with Gasteiger partial charge in [-0.1, -0.05) is 0 Å². The molecular formula is C16H23N5O3. The van der Waals surface area contributed by atoms with Crippen molar-refractivity contribution in [3.63, 3.8) is 0 Å². The second kappa shape index (κ2) is 6.77. The molecule has 130 valence electrons. The van der Waals surface area contributed by atoms with Crippen molar-refractivity contribution in [1.29, 1.82) is 0 Å². The number of carbonyl (C=O) groups excluding carboxylic acids is 2. The van der Waals surface area contributed by atoms with E-state index in [9.17, 15) is 9.59 Å². The number of nitrogens with two attached hydrogens (primary N) is 2. The van der Waals surface area contributed by atoms with E-state index in [2.05, 4.69) is 10.3 Å². The van der Waals surface area contributed by atoms with Gasteiger partial charge in [-0.2, -0.15) is 0 Å². The maximum absolute atomic E-state index is 11.6. The monoisotopic (exact) mass is 333 g/mol. The molecule has 8 nitrogen and oxygen atoms in total. The standard InChI is InChI=1S/C16H23N5O3/c1-16(2,3)24-15(23)19-7-4-8-21-12-6-5-10(13(17)22)9-11(12)20-14(21)18/h5-6,9H,4,7-8H2,1-3H3,(H2,17,22)(H2,18,20)(H,19,23). The Labute approximate surface area is 140 Å². The lowest BCUT2D eigenvalue weighted by molar-refractivity contribution is 0.0526. The van der Waals surface area contributed by atoms with Crippen molar-refractivity contribution < 1.29 is 14.3 Å². The summed E-state index contributed by atoms with van der Waals surface area (Å²) < 4.78 is 7.00. The minimum Gasteiger partial charge on any atom is -0.444 e. The summed E-state index contributed by atoms with van der Waals surface area (Å²) in [7, 11) is 0. The van der Waals surface area contributed by atoms with Crippen LogP contribution in [0.4, 0.5) is 10.7 Å². The summed E-state index contributed by atoms with van der Waals surface area (Å²) >= 11 is 0. The number of fused-ring (bicyclic) bond motifs is 1. The van der Waals surface area contributed by atoms with Crippen molar-refractivity contribution in [1.82, 2.24) is 14.9 Å². The molecule has 1 aromatic carbocycles. The normalized spacial score (nSPS) is 11.5. The molecule has 1 heterocycles. The van der Waals surface area contributed by atoms with Gasteiger partial charge in [0.05, 0.1) is 11.0 Å². The Morgan fingerprint density at radius 2 is 2.04 bits per heavy atom. The minimum atomic E-state index is -0.521. The van der Waals surface area contributed by atoms with E-state index in [0.29, 0.717) is 36.5 Å². The van der Waals surface area contributed by atoms with Crippen molar-refractivity contribution in [2.45, 2.75) is 39.3 Å². The number of benzene rings is 1. The molecule has 2 aromatic rings. The third-order valence-corrected chi connectivity index (χ3v) is 3.29. The van der Waals surface area contributed by atoms with Gasteiger partial charge < -0.3 is 26.1 Å². The molecule has 2 rings (SSSR count). The summed E-state index contributed by atoms with van der Waals surface area (Å²) in [6.07, 6.45) is 0.212. The van der Waals surface area contributed by atoms with Crippen LogP contribution in [0.3, 0.4) is 0 Å². The zero-order chi connectivity index (χ0) is 17.9. The number of nitrogens with one attached hydrogen (secondary N) is 1. The maximum atomic E-state index is 11.6. The van der Waals surface area contributed by atoms with Crippen molar-refractivity contribution in [2.75, 3.05) is 12.3 Å². The van der Waals surface area contributed by atoms with Gasteiger partial charge >= 0.3 is 6.09 Å². The second-order valence-corrected chi connectivity index (χ2v) is 6.47. The highest BCUT2D eigenvalue weighted by molar-refractivity contribution is 5.96. The van der Waals surface area contributed by atoms with Crippen LogP contribution < -0.4 is 16.8 Å². The van der Waals surface area contributed by atoms with E-state index in [-0.39, 0.29) is 0 Å². The van der Waals surface area contributed by atoms with E-state index in [1.165, 1.54) is 0 Å². The van der Waals surface area contributed by atoms with Crippen LogP contribution in [0, 0.1) is 0 Å². The number of amides is 2. The summed E-state index contributed by atoms with van der Waals surface area (Å²) in [6, 6.07) is 5.02. The van der Waals surface area contributed by atoms with Crippen LogP contribution >= 0.6 is 0 Å². The zero-order valence-electron chi connectivity index (χ0n) is 14.1. The third-order valence-electron chi connectivity index (χ3n) is 3.29. The highest BCUT2D eigenvalue weighted by Gasteiger charge is 2.15. The second-order valence-electron chi connectivity index (χ2n) is 6.47. The number of imidazole rings is 1. The molecule has 0 saturated carbocycles. The van der Waals surface area contributed by atoms with Crippen molar-refractivity contribution in [2.24, 2.45) is 5.73 Å². The molecule has 0 unspecified atom stereocenters. The first-order valence-corrected chi connectivity index (χ1v) is 7.70. The number of carbonyl (C=O) groups is 2. The van der Waals surface area contributed by atoms with Gasteiger partial charge in [-0.05, 0) is 45.4 Å². The number of nitrogen functional groups attached to an aromatic ring is 1. The summed E-state index contributed by atoms with van der Waals surface area (Å²) in [6.45, 7) is 6.46. The predicted octanol–water partition coefficient (Wildman–Crippen LogP) is 1.63. The van der Waals surface area contributed by atoms with Crippen molar-refractivity contribution >= 4 is 29.0 Å². The van der Waals surface area contributed by atoms with Crippen LogP contribution in [0.2, 0.25) is 0 Å². The van der Waals surface area contributed by atoms with Crippen molar-refractivity contribution in [3.05, 3.63) is 23.8 Å². The Hall–Kier alpha value is -2.77. The van der Waals surface area contributed by atoms with Crippen LogP contribution in [0.5, 0.6) is 0 Å². The minimum absolute atomic E-state index is 0.351. The fourth-order valence-electron chi connectivity index (χ4n) is 2.28. The van der Waals surface area contributed by atoms with Crippen LogP contribution in [0.1, 0.15) is 37.6 Å². The van der Waals surface area contributed by atoms with Gasteiger partial charge in [0, 0.05) is 18.7 Å². The molecule has 0 radical (unpaired) electrons. The number of aryl methyl sites for hydroxylation is 1. The summed E-state index contributed by atoms with van der Waals surface area (Å²) in [4.78, 5) is 27.0.